The number of nitrogens with zero attached hydrogens (tertiary/aromatic N) is 2. The molecule has 1 atom stereocenters. The number of benzene rings is 2. The molecule has 0 spiro atoms. The Bertz CT molecular complexity index is 1070. The largest absolute Gasteiger partial charge is 0.497 e. The standard InChI is InChI=1S/C27H32ClFN2O4S/c1-35-24-4-2-3-22(16-24)27(34,36-29)26(33)31-13-9-20(10-14-31)15-19-7-11-30(12-8-19)23-6-5-21(18-32)25(28)17-23/h2-6,16-20,34H,7-15H2,1H3/t27-/m0/s1. The number of likely N-dealkylation sites (tertiary alicyclic amines) is 1. The number of halogens is 2. The lowest BCUT2D eigenvalue weighted by molar-refractivity contribution is -0.145. The Hall–Kier alpha value is -2.29. The van der Waals surface area contributed by atoms with Gasteiger partial charge in [-0.1, -0.05) is 23.7 Å². The number of rotatable bonds is 8. The van der Waals surface area contributed by atoms with Crippen molar-refractivity contribution >= 4 is 41.6 Å². The average Bonchev–Trinajstić information content (AvgIpc) is 2.93. The van der Waals surface area contributed by atoms with Gasteiger partial charge in [-0.05, 0) is 74.3 Å². The third-order valence-electron chi connectivity index (χ3n) is 7.52. The minimum Gasteiger partial charge on any atom is -0.497 e. The first-order chi connectivity index (χ1) is 17.4. The minimum atomic E-state index is -2.28. The first kappa shape index (κ1) is 26.8. The first-order valence-electron chi connectivity index (χ1n) is 12.3. The van der Waals surface area contributed by atoms with Crippen molar-refractivity contribution in [1.29, 1.82) is 0 Å². The van der Waals surface area contributed by atoms with Crippen LogP contribution in [0.4, 0.5) is 9.57 Å². The van der Waals surface area contributed by atoms with E-state index in [0.717, 1.165) is 57.2 Å². The number of piperidine rings is 2. The van der Waals surface area contributed by atoms with Gasteiger partial charge < -0.3 is 19.6 Å². The number of ether oxygens (including phenoxy) is 1. The van der Waals surface area contributed by atoms with E-state index in [1.54, 1.807) is 23.1 Å². The van der Waals surface area contributed by atoms with E-state index in [-0.39, 0.29) is 17.7 Å². The van der Waals surface area contributed by atoms with Gasteiger partial charge in [-0.3, -0.25) is 9.59 Å². The molecule has 2 saturated heterocycles. The molecule has 2 aliphatic heterocycles. The zero-order chi connectivity index (χ0) is 25.7. The molecular formula is C27H32ClFN2O4S. The van der Waals surface area contributed by atoms with Crippen molar-refractivity contribution in [3.8, 4) is 5.75 Å². The molecule has 0 radical (unpaired) electrons. The van der Waals surface area contributed by atoms with Crippen LogP contribution in [-0.4, -0.2) is 55.5 Å². The molecule has 2 heterocycles. The van der Waals surface area contributed by atoms with E-state index < -0.39 is 10.8 Å². The van der Waals surface area contributed by atoms with E-state index in [9.17, 15) is 18.6 Å². The molecule has 0 saturated carbocycles. The average molecular weight is 535 g/mol. The van der Waals surface area contributed by atoms with Gasteiger partial charge in [-0.15, -0.1) is 0 Å². The maximum Gasteiger partial charge on any atom is 0.272 e. The van der Waals surface area contributed by atoms with Gasteiger partial charge in [0, 0.05) is 43.0 Å². The van der Waals surface area contributed by atoms with Gasteiger partial charge in [0.2, 0.25) is 4.93 Å². The Morgan fingerprint density at radius 1 is 1.14 bits per heavy atom. The van der Waals surface area contributed by atoms with Crippen molar-refractivity contribution in [1.82, 2.24) is 4.90 Å². The number of hydrogen-bond donors (Lipinski definition) is 1. The van der Waals surface area contributed by atoms with Crippen LogP contribution in [0.15, 0.2) is 42.5 Å². The topological polar surface area (TPSA) is 70.1 Å². The first-order valence-corrected chi connectivity index (χ1v) is 13.4. The Labute approximate surface area is 221 Å². The van der Waals surface area contributed by atoms with Crippen LogP contribution >= 0.6 is 23.7 Å². The van der Waals surface area contributed by atoms with Crippen LogP contribution in [0.25, 0.3) is 0 Å². The monoisotopic (exact) mass is 534 g/mol. The summed E-state index contributed by atoms with van der Waals surface area (Å²) in [5.74, 6) is 0.969. The Morgan fingerprint density at radius 3 is 2.39 bits per heavy atom. The molecule has 0 unspecified atom stereocenters. The van der Waals surface area contributed by atoms with E-state index in [0.29, 0.717) is 41.3 Å². The third-order valence-corrected chi connectivity index (χ3v) is 8.48. The van der Waals surface area contributed by atoms with Gasteiger partial charge in [0.25, 0.3) is 5.91 Å². The fourth-order valence-electron chi connectivity index (χ4n) is 5.33. The highest BCUT2D eigenvalue weighted by Gasteiger charge is 2.44. The molecule has 4 rings (SSSR count). The number of carbonyl (C=O) groups excluding carboxylic acids is 2. The molecule has 1 amide bonds. The zero-order valence-corrected chi connectivity index (χ0v) is 21.9. The van der Waals surface area contributed by atoms with E-state index in [2.05, 4.69) is 4.90 Å². The molecule has 2 aromatic rings. The third kappa shape index (κ3) is 5.82. The molecule has 36 heavy (non-hydrogen) atoms. The van der Waals surface area contributed by atoms with Crippen LogP contribution in [0.1, 0.15) is 48.0 Å². The number of carbonyl (C=O) groups is 2. The summed E-state index contributed by atoms with van der Waals surface area (Å²) in [5.41, 5.74) is 1.73. The van der Waals surface area contributed by atoms with Gasteiger partial charge in [0.05, 0.1) is 24.3 Å². The van der Waals surface area contributed by atoms with E-state index >= 15 is 0 Å². The molecule has 0 aromatic heterocycles. The highest BCUT2D eigenvalue weighted by Crippen LogP contribution is 2.39. The van der Waals surface area contributed by atoms with Gasteiger partial charge in [0.1, 0.15) is 5.75 Å². The Balaban J connectivity index is 1.27. The highest BCUT2D eigenvalue weighted by atomic mass is 35.5. The lowest BCUT2D eigenvalue weighted by Crippen LogP contribution is -2.48. The number of methoxy groups -OCH3 is 1. The maximum absolute atomic E-state index is 13.9. The molecule has 1 N–H and O–H groups in total. The van der Waals surface area contributed by atoms with Crippen LogP contribution in [0.5, 0.6) is 5.75 Å². The van der Waals surface area contributed by atoms with E-state index in [4.69, 9.17) is 16.3 Å². The summed E-state index contributed by atoms with van der Waals surface area (Å²) in [6.07, 6.45) is 5.74. The van der Waals surface area contributed by atoms with Crippen molar-refractivity contribution in [2.45, 2.75) is 37.0 Å². The molecule has 6 nitrogen and oxygen atoms in total. The predicted octanol–water partition coefficient (Wildman–Crippen LogP) is 5.47. The van der Waals surface area contributed by atoms with Crippen LogP contribution in [0, 0.1) is 11.8 Å². The van der Waals surface area contributed by atoms with Gasteiger partial charge in [-0.25, -0.2) is 0 Å². The summed E-state index contributed by atoms with van der Waals surface area (Å²) < 4.78 is 19.1. The molecule has 194 valence electrons. The Morgan fingerprint density at radius 2 is 1.81 bits per heavy atom. The van der Waals surface area contributed by atoms with E-state index in [1.165, 1.54) is 19.2 Å². The number of aldehydes is 1. The molecular weight excluding hydrogens is 503 g/mol. The summed E-state index contributed by atoms with van der Waals surface area (Å²) in [5, 5.41) is 11.4. The summed E-state index contributed by atoms with van der Waals surface area (Å²) in [7, 11) is 1.49. The summed E-state index contributed by atoms with van der Waals surface area (Å²) in [6, 6.07) is 11.9. The smallest absolute Gasteiger partial charge is 0.272 e. The van der Waals surface area contributed by atoms with Crippen molar-refractivity contribution in [2.24, 2.45) is 11.8 Å². The second-order valence-corrected chi connectivity index (χ2v) is 10.8. The number of anilines is 1. The van der Waals surface area contributed by atoms with E-state index in [1.807, 2.05) is 12.1 Å². The normalized spacial score (nSPS) is 19.1. The number of amides is 1. The lowest BCUT2D eigenvalue weighted by Gasteiger charge is -2.39. The summed E-state index contributed by atoms with van der Waals surface area (Å²) in [6.45, 7) is 2.91. The summed E-state index contributed by atoms with van der Waals surface area (Å²) in [4.78, 5) is 25.7. The van der Waals surface area contributed by atoms with Gasteiger partial charge in [0.15, 0.2) is 6.29 Å². The van der Waals surface area contributed by atoms with Gasteiger partial charge >= 0.3 is 0 Å². The van der Waals surface area contributed by atoms with Crippen LogP contribution in [0.3, 0.4) is 0 Å². The Kier molecular flexibility index (Phi) is 8.80. The second kappa shape index (κ2) is 11.8. The zero-order valence-electron chi connectivity index (χ0n) is 20.4. The number of hydrogen-bond acceptors (Lipinski definition) is 6. The predicted molar refractivity (Wildman–Crippen MR) is 141 cm³/mol. The lowest BCUT2D eigenvalue weighted by atomic mass is 9.82. The fourth-order valence-corrected chi connectivity index (χ4v) is 5.96. The second-order valence-electron chi connectivity index (χ2n) is 9.68. The van der Waals surface area contributed by atoms with Crippen molar-refractivity contribution in [3.05, 3.63) is 58.6 Å². The molecule has 2 fully saturated rings. The number of aliphatic hydroxyl groups is 1. The van der Waals surface area contributed by atoms with Crippen LogP contribution in [0.2, 0.25) is 5.02 Å². The molecule has 2 aromatic carbocycles. The van der Waals surface area contributed by atoms with Gasteiger partial charge in [-0.2, -0.15) is 3.89 Å². The summed E-state index contributed by atoms with van der Waals surface area (Å²) >= 11 is 5.85. The quantitative estimate of drug-likeness (QED) is 0.358. The fraction of sp³-hybridized carbons (Fsp3) is 0.481. The molecule has 2 aliphatic rings. The molecule has 0 aliphatic carbocycles. The van der Waals surface area contributed by atoms with Crippen molar-refractivity contribution in [3.63, 3.8) is 0 Å². The maximum atomic E-state index is 13.9. The molecule has 9 heteroatoms. The van der Waals surface area contributed by atoms with Crippen LogP contribution < -0.4 is 9.64 Å². The van der Waals surface area contributed by atoms with Crippen LogP contribution in [-0.2, 0) is 9.73 Å². The SMILES string of the molecule is COc1cccc([C@](O)(SF)C(=O)N2CCC(CC3CCN(c4ccc(C=O)c(Cl)c4)CC3)CC2)c1. The van der Waals surface area contributed by atoms with Crippen molar-refractivity contribution in [2.75, 3.05) is 38.2 Å². The minimum absolute atomic E-state index is 0.176. The van der Waals surface area contributed by atoms with Crippen molar-refractivity contribution < 1.29 is 23.3 Å². The highest BCUT2D eigenvalue weighted by molar-refractivity contribution is 7.95. The molecule has 0 bridgehead atoms.